The normalized spacial score (nSPS) is 19.3. The highest BCUT2D eigenvalue weighted by Crippen LogP contribution is 2.41. The van der Waals surface area contributed by atoms with Crippen LogP contribution in [0.4, 0.5) is 0 Å². The van der Waals surface area contributed by atoms with Gasteiger partial charge in [0.25, 0.3) is 0 Å². The Balaban J connectivity index is 1.90. The largest absolute Gasteiger partial charge is 0.312 e. The number of rotatable bonds is 4. The second kappa shape index (κ2) is 5.25. The van der Waals surface area contributed by atoms with Crippen LogP contribution >= 0.6 is 11.3 Å². The van der Waals surface area contributed by atoms with Crippen molar-refractivity contribution in [2.24, 2.45) is 0 Å². The average molecular weight is 267 g/mol. The number of hydrogen-bond donors (Lipinski definition) is 1. The minimum atomic E-state index is 0.185. The van der Waals surface area contributed by atoms with E-state index in [1.807, 2.05) is 11.3 Å². The molecule has 1 heterocycles. The zero-order valence-electron chi connectivity index (χ0n) is 12.0. The minimum Gasteiger partial charge on any atom is -0.312 e. The molecule has 1 aromatic heterocycles. The average Bonchev–Trinajstić information content (AvgIpc) is 2.86. The first kappa shape index (κ1) is 13.9. The van der Waals surface area contributed by atoms with E-state index in [1.165, 1.54) is 35.7 Å². The molecule has 1 fully saturated rings. The van der Waals surface area contributed by atoms with Gasteiger partial charge in [-0.25, -0.2) is 0 Å². The first-order chi connectivity index (χ1) is 8.39. The van der Waals surface area contributed by atoms with Gasteiger partial charge in [0.15, 0.2) is 0 Å². The Kier molecular flexibility index (Phi) is 4.07. The maximum absolute atomic E-state index is 4.43. The van der Waals surface area contributed by atoms with E-state index < -0.39 is 0 Å². The lowest BCUT2D eigenvalue weighted by atomic mass is 9.90. The summed E-state index contributed by atoms with van der Waals surface area (Å²) in [6.45, 7) is 9.90. The summed E-state index contributed by atoms with van der Waals surface area (Å²) in [6, 6.07) is 0. The Morgan fingerprint density at radius 2 is 1.89 bits per heavy atom. The summed E-state index contributed by atoms with van der Waals surface area (Å²) >= 11 is 1.82. The molecule has 1 aliphatic rings. The summed E-state index contributed by atoms with van der Waals surface area (Å²) in [4.78, 5) is 0. The Bertz CT molecular complexity index is 386. The molecule has 0 bridgehead atoms. The van der Waals surface area contributed by atoms with E-state index in [4.69, 9.17) is 0 Å². The van der Waals surface area contributed by atoms with Crippen LogP contribution in [0.5, 0.6) is 0 Å². The fourth-order valence-electron chi connectivity index (χ4n) is 2.51. The molecule has 102 valence electrons. The third-order valence-electron chi connectivity index (χ3n) is 3.68. The van der Waals surface area contributed by atoms with Gasteiger partial charge in [0, 0.05) is 23.9 Å². The molecule has 18 heavy (non-hydrogen) atoms. The Morgan fingerprint density at radius 1 is 1.22 bits per heavy atom. The van der Waals surface area contributed by atoms with Crippen molar-refractivity contribution in [2.45, 2.75) is 70.8 Å². The quantitative estimate of drug-likeness (QED) is 0.909. The van der Waals surface area contributed by atoms with Gasteiger partial charge in [-0.3, -0.25) is 0 Å². The zero-order chi connectivity index (χ0) is 13.2. The number of nitrogens with one attached hydrogen (secondary N) is 1. The molecule has 2 rings (SSSR count). The molecule has 0 spiro atoms. The second-order valence-corrected chi connectivity index (χ2v) is 7.76. The highest BCUT2D eigenvalue weighted by molar-refractivity contribution is 7.11. The summed E-state index contributed by atoms with van der Waals surface area (Å²) in [7, 11) is 0. The summed E-state index contributed by atoms with van der Waals surface area (Å²) in [5.41, 5.74) is 0.498. The van der Waals surface area contributed by atoms with Crippen molar-refractivity contribution in [1.29, 1.82) is 0 Å². The van der Waals surface area contributed by atoms with E-state index in [2.05, 4.69) is 43.2 Å². The van der Waals surface area contributed by atoms with E-state index in [1.54, 1.807) is 0 Å². The predicted octanol–water partition coefficient (Wildman–Crippen LogP) is 3.30. The van der Waals surface area contributed by atoms with Crippen molar-refractivity contribution in [3.05, 3.63) is 10.0 Å². The molecule has 4 heteroatoms. The molecule has 0 aliphatic heterocycles. The monoisotopic (exact) mass is 267 g/mol. The van der Waals surface area contributed by atoms with Gasteiger partial charge in [-0.15, -0.1) is 21.5 Å². The molecule has 0 radical (unpaired) electrons. The topological polar surface area (TPSA) is 37.8 Å². The van der Waals surface area contributed by atoms with Gasteiger partial charge in [0.05, 0.1) is 0 Å². The third kappa shape index (κ3) is 3.51. The van der Waals surface area contributed by atoms with Crippen molar-refractivity contribution in [1.82, 2.24) is 15.5 Å². The minimum absolute atomic E-state index is 0.185. The lowest BCUT2D eigenvalue weighted by Crippen LogP contribution is -2.37. The first-order valence-corrected chi connectivity index (χ1v) is 7.79. The van der Waals surface area contributed by atoms with Crippen molar-refractivity contribution in [3.63, 3.8) is 0 Å². The van der Waals surface area contributed by atoms with Gasteiger partial charge < -0.3 is 5.32 Å². The predicted molar refractivity (Wildman–Crippen MR) is 77.2 cm³/mol. The molecule has 3 nitrogen and oxygen atoms in total. The van der Waals surface area contributed by atoms with Crippen LogP contribution in [0.2, 0.25) is 0 Å². The van der Waals surface area contributed by atoms with Gasteiger partial charge in [-0.05, 0) is 33.6 Å². The molecule has 0 saturated heterocycles. The highest BCUT2D eigenvalue weighted by Gasteiger charge is 2.33. The van der Waals surface area contributed by atoms with Crippen LogP contribution in [0, 0.1) is 0 Å². The number of aromatic nitrogens is 2. The lowest BCUT2D eigenvalue weighted by Gasteiger charge is -2.20. The first-order valence-electron chi connectivity index (χ1n) is 6.97. The van der Waals surface area contributed by atoms with Gasteiger partial charge in [-0.1, -0.05) is 19.8 Å². The van der Waals surface area contributed by atoms with Crippen LogP contribution < -0.4 is 5.32 Å². The van der Waals surface area contributed by atoms with Crippen LogP contribution in [0.25, 0.3) is 0 Å². The number of nitrogens with zero attached hydrogens (tertiary/aromatic N) is 2. The van der Waals surface area contributed by atoms with Crippen LogP contribution in [0.1, 0.15) is 63.4 Å². The molecule has 0 amide bonds. The Labute approximate surface area is 114 Å². The molecule has 1 aromatic rings. The molecule has 0 aromatic carbocycles. The molecule has 1 aliphatic carbocycles. The maximum Gasteiger partial charge on any atom is 0.123 e. The van der Waals surface area contributed by atoms with E-state index >= 15 is 0 Å². The van der Waals surface area contributed by atoms with Gasteiger partial charge >= 0.3 is 0 Å². The molecule has 1 saturated carbocycles. The summed E-state index contributed by atoms with van der Waals surface area (Å²) in [5.74, 6) is 0. The van der Waals surface area contributed by atoms with Crippen LogP contribution in [0.15, 0.2) is 0 Å². The van der Waals surface area contributed by atoms with Crippen molar-refractivity contribution in [3.8, 4) is 0 Å². The second-order valence-electron chi connectivity index (χ2n) is 6.70. The third-order valence-corrected chi connectivity index (χ3v) is 4.97. The van der Waals surface area contributed by atoms with Crippen LogP contribution in [0.3, 0.4) is 0 Å². The fraction of sp³-hybridized carbons (Fsp3) is 0.857. The van der Waals surface area contributed by atoms with Gasteiger partial charge in [0.1, 0.15) is 10.0 Å². The van der Waals surface area contributed by atoms with Crippen molar-refractivity contribution >= 4 is 11.3 Å². The Morgan fingerprint density at radius 3 is 2.50 bits per heavy atom. The standard InChI is InChI=1S/C14H25N3S/c1-13(2,3)15-10-7-11-16-17-12(18-11)14(4)8-5-6-9-14/h15H,5-10H2,1-4H3. The van der Waals surface area contributed by atoms with E-state index in [9.17, 15) is 0 Å². The van der Waals surface area contributed by atoms with E-state index in [0.717, 1.165) is 13.0 Å². The SMILES string of the molecule is CC(C)(C)NCCc1nnc(C2(C)CCCC2)s1. The van der Waals surface area contributed by atoms with Crippen molar-refractivity contribution in [2.75, 3.05) is 6.54 Å². The number of hydrogen-bond acceptors (Lipinski definition) is 4. The molecular formula is C14H25N3S. The fourth-order valence-corrected chi connectivity index (χ4v) is 3.55. The van der Waals surface area contributed by atoms with Crippen molar-refractivity contribution < 1.29 is 0 Å². The Hall–Kier alpha value is -0.480. The summed E-state index contributed by atoms with van der Waals surface area (Å²) < 4.78 is 0. The van der Waals surface area contributed by atoms with Crippen LogP contribution in [-0.2, 0) is 11.8 Å². The molecule has 1 N–H and O–H groups in total. The maximum atomic E-state index is 4.43. The van der Waals surface area contributed by atoms with Crippen LogP contribution in [-0.4, -0.2) is 22.3 Å². The van der Waals surface area contributed by atoms with E-state index in [0.29, 0.717) is 5.41 Å². The molecule has 0 unspecified atom stereocenters. The van der Waals surface area contributed by atoms with Gasteiger partial charge in [-0.2, -0.15) is 0 Å². The summed E-state index contributed by atoms with van der Waals surface area (Å²) in [6.07, 6.45) is 6.24. The lowest BCUT2D eigenvalue weighted by molar-refractivity contribution is 0.429. The highest BCUT2D eigenvalue weighted by atomic mass is 32.1. The summed E-state index contributed by atoms with van der Waals surface area (Å²) in [5, 5.41) is 14.7. The molecular weight excluding hydrogens is 242 g/mol. The van der Waals surface area contributed by atoms with E-state index in [-0.39, 0.29) is 5.54 Å². The molecule has 0 atom stereocenters. The smallest absolute Gasteiger partial charge is 0.123 e. The van der Waals surface area contributed by atoms with Gasteiger partial charge in [0.2, 0.25) is 0 Å². The zero-order valence-corrected chi connectivity index (χ0v) is 12.9.